The maximum atomic E-state index is 11.1. The first-order valence-corrected chi connectivity index (χ1v) is 5.20. The van der Waals surface area contributed by atoms with E-state index >= 15 is 0 Å². The summed E-state index contributed by atoms with van der Waals surface area (Å²) in [4.78, 5) is 11.1. The summed E-state index contributed by atoms with van der Waals surface area (Å²) in [7, 11) is 0.464. The standard InChI is InChI=1S/C8H16O3Si/c1-4-5-6-7(2)8(9)11-12-10-3/h6H,4-5,12H2,1-3H3. The average Bonchev–Trinajstić information content (AvgIpc) is 2.10. The van der Waals surface area contributed by atoms with E-state index in [1.165, 1.54) is 0 Å². The molecule has 3 nitrogen and oxygen atoms in total. The van der Waals surface area contributed by atoms with Gasteiger partial charge in [0.2, 0.25) is 0 Å². The second-order valence-corrected chi connectivity index (χ2v) is 3.62. The minimum Gasteiger partial charge on any atom is -0.496 e. The third-order valence-corrected chi connectivity index (χ3v) is 1.98. The SMILES string of the molecule is CCCC=C(C)C(=O)O[SiH2]OC. The molecule has 0 N–H and O–H groups in total. The Labute approximate surface area is 75.8 Å². The molecule has 0 aromatic carbocycles. The minimum atomic E-state index is -1.08. The van der Waals surface area contributed by atoms with Crippen LogP contribution in [0.5, 0.6) is 0 Å². The molecule has 0 bridgehead atoms. The molecule has 0 saturated carbocycles. The van der Waals surface area contributed by atoms with Gasteiger partial charge >= 0.3 is 16.0 Å². The van der Waals surface area contributed by atoms with Crippen molar-refractivity contribution in [3.63, 3.8) is 0 Å². The van der Waals surface area contributed by atoms with Gasteiger partial charge in [-0.05, 0) is 13.3 Å². The van der Waals surface area contributed by atoms with Crippen LogP contribution in [-0.4, -0.2) is 23.1 Å². The van der Waals surface area contributed by atoms with Gasteiger partial charge in [0.15, 0.2) is 0 Å². The Bertz CT molecular complexity index is 166. The number of unbranched alkanes of at least 4 members (excludes halogenated alkanes) is 1. The lowest BCUT2D eigenvalue weighted by Gasteiger charge is -2.02. The third kappa shape index (κ3) is 5.09. The Balaban J connectivity index is 3.75. The van der Waals surface area contributed by atoms with Crippen molar-refractivity contribution >= 4 is 16.0 Å². The monoisotopic (exact) mass is 188 g/mol. The molecule has 0 saturated heterocycles. The molecule has 0 spiro atoms. The van der Waals surface area contributed by atoms with E-state index in [-0.39, 0.29) is 5.97 Å². The molecular formula is C8H16O3Si. The van der Waals surface area contributed by atoms with Gasteiger partial charge in [0.25, 0.3) is 0 Å². The van der Waals surface area contributed by atoms with Crippen LogP contribution >= 0.6 is 0 Å². The number of rotatable bonds is 5. The topological polar surface area (TPSA) is 35.5 Å². The van der Waals surface area contributed by atoms with Crippen LogP contribution in [0.4, 0.5) is 0 Å². The summed E-state index contributed by atoms with van der Waals surface area (Å²) in [5.74, 6) is -0.239. The highest BCUT2D eigenvalue weighted by molar-refractivity contribution is 6.23. The van der Waals surface area contributed by atoms with Crippen molar-refractivity contribution in [1.82, 2.24) is 0 Å². The zero-order valence-electron chi connectivity index (χ0n) is 7.92. The number of carbonyl (C=O) groups excluding carboxylic acids is 1. The fourth-order valence-corrected chi connectivity index (χ4v) is 1.12. The molecule has 0 unspecified atom stereocenters. The van der Waals surface area contributed by atoms with Crippen LogP contribution in [0.25, 0.3) is 0 Å². The van der Waals surface area contributed by atoms with Gasteiger partial charge in [0, 0.05) is 12.7 Å². The van der Waals surface area contributed by atoms with E-state index in [9.17, 15) is 4.79 Å². The van der Waals surface area contributed by atoms with Crippen molar-refractivity contribution < 1.29 is 13.6 Å². The number of hydrogen-bond donors (Lipinski definition) is 0. The highest BCUT2D eigenvalue weighted by atomic mass is 28.3. The molecule has 0 aliphatic rings. The van der Waals surface area contributed by atoms with Crippen molar-refractivity contribution in [3.8, 4) is 0 Å². The quantitative estimate of drug-likeness (QED) is 0.475. The lowest BCUT2D eigenvalue weighted by molar-refractivity contribution is -0.130. The first-order valence-electron chi connectivity index (χ1n) is 4.05. The zero-order chi connectivity index (χ0) is 9.40. The van der Waals surface area contributed by atoms with Crippen LogP contribution in [-0.2, 0) is 13.6 Å². The van der Waals surface area contributed by atoms with Crippen LogP contribution in [0.1, 0.15) is 26.7 Å². The lowest BCUT2D eigenvalue weighted by atomic mass is 10.2. The van der Waals surface area contributed by atoms with E-state index < -0.39 is 10.0 Å². The fourth-order valence-electron chi connectivity index (χ4n) is 0.670. The Morgan fingerprint density at radius 3 is 2.75 bits per heavy atom. The van der Waals surface area contributed by atoms with E-state index in [4.69, 9.17) is 8.85 Å². The molecule has 0 aromatic rings. The normalized spacial score (nSPS) is 12.4. The van der Waals surface area contributed by atoms with Crippen molar-refractivity contribution in [2.24, 2.45) is 0 Å². The van der Waals surface area contributed by atoms with Gasteiger partial charge < -0.3 is 8.85 Å². The Morgan fingerprint density at radius 2 is 2.25 bits per heavy atom. The van der Waals surface area contributed by atoms with Gasteiger partial charge in [0.1, 0.15) is 0 Å². The summed E-state index contributed by atoms with van der Waals surface area (Å²) < 4.78 is 9.60. The van der Waals surface area contributed by atoms with Crippen molar-refractivity contribution in [2.45, 2.75) is 26.7 Å². The summed E-state index contributed by atoms with van der Waals surface area (Å²) in [5, 5.41) is 0. The summed E-state index contributed by atoms with van der Waals surface area (Å²) in [6.07, 6.45) is 3.87. The molecular weight excluding hydrogens is 172 g/mol. The van der Waals surface area contributed by atoms with Gasteiger partial charge in [0.05, 0.1) is 0 Å². The molecule has 12 heavy (non-hydrogen) atoms. The molecule has 0 aliphatic heterocycles. The van der Waals surface area contributed by atoms with Crippen LogP contribution in [0.2, 0.25) is 0 Å². The molecule has 4 heteroatoms. The second-order valence-electron chi connectivity index (χ2n) is 2.51. The van der Waals surface area contributed by atoms with Crippen molar-refractivity contribution in [1.29, 1.82) is 0 Å². The Hall–Kier alpha value is -0.613. The smallest absolute Gasteiger partial charge is 0.369 e. The molecule has 0 atom stereocenters. The molecule has 70 valence electrons. The molecule has 0 aromatic heterocycles. The van der Waals surface area contributed by atoms with Gasteiger partial charge in [-0.3, -0.25) is 0 Å². The predicted octanol–water partition coefficient (Wildman–Crippen LogP) is 0.921. The van der Waals surface area contributed by atoms with Crippen LogP contribution < -0.4 is 0 Å². The first-order chi connectivity index (χ1) is 5.72. The number of hydrogen-bond acceptors (Lipinski definition) is 3. The summed E-state index contributed by atoms with van der Waals surface area (Å²) >= 11 is 0. The van der Waals surface area contributed by atoms with E-state index in [0.29, 0.717) is 5.57 Å². The average molecular weight is 188 g/mol. The third-order valence-electron chi connectivity index (χ3n) is 1.37. The first kappa shape index (κ1) is 11.4. The van der Waals surface area contributed by atoms with E-state index in [2.05, 4.69) is 6.92 Å². The van der Waals surface area contributed by atoms with Crippen LogP contribution in [0.3, 0.4) is 0 Å². The molecule has 0 heterocycles. The van der Waals surface area contributed by atoms with E-state index in [0.717, 1.165) is 12.8 Å². The zero-order valence-corrected chi connectivity index (χ0v) is 9.34. The van der Waals surface area contributed by atoms with E-state index in [1.54, 1.807) is 14.0 Å². The lowest BCUT2D eigenvalue weighted by Crippen LogP contribution is -2.10. The molecule has 0 rings (SSSR count). The maximum absolute atomic E-state index is 11.1. The highest BCUT2D eigenvalue weighted by Gasteiger charge is 2.03. The van der Waals surface area contributed by atoms with Crippen LogP contribution in [0.15, 0.2) is 11.6 Å². The number of allylic oxidation sites excluding steroid dienone is 1. The fraction of sp³-hybridized carbons (Fsp3) is 0.625. The van der Waals surface area contributed by atoms with Gasteiger partial charge in [-0.15, -0.1) is 0 Å². The van der Waals surface area contributed by atoms with Gasteiger partial charge in [-0.1, -0.05) is 19.4 Å². The largest absolute Gasteiger partial charge is 0.496 e. The van der Waals surface area contributed by atoms with Crippen molar-refractivity contribution in [3.05, 3.63) is 11.6 Å². The molecule has 0 radical (unpaired) electrons. The van der Waals surface area contributed by atoms with Crippen LogP contribution in [0, 0.1) is 0 Å². The highest BCUT2D eigenvalue weighted by Crippen LogP contribution is 1.99. The molecule has 0 fully saturated rings. The maximum Gasteiger partial charge on any atom is 0.369 e. The summed E-state index contributed by atoms with van der Waals surface area (Å²) in [5.41, 5.74) is 0.682. The summed E-state index contributed by atoms with van der Waals surface area (Å²) in [6.45, 7) is 3.83. The minimum absolute atomic E-state index is 0.239. The van der Waals surface area contributed by atoms with E-state index in [1.807, 2.05) is 6.08 Å². The second kappa shape index (κ2) is 7.06. The Kier molecular flexibility index (Phi) is 6.70. The molecule has 0 amide bonds. The predicted molar refractivity (Wildman–Crippen MR) is 50.3 cm³/mol. The van der Waals surface area contributed by atoms with Gasteiger partial charge in [-0.25, -0.2) is 4.79 Å². The molecule has 0 aliphatic carbocycles. The summed E-state index contributed by atoms with van der Waals surface area (Å²) in [6, 6.07) is 0. The number of carbonyl (C=O) groups is 1. The van der Waals surface area contributed by atoms with Crippen molar-refractivity contribution in [2.75, 3.05) is 7.11 Å². The Morgan fingerprint density at radius 1 is 1.58 bits per heavy atom. The van der Waals surface area contributed by atoms with Gasteiger partial charge in [-0.2, -0.15) is 0 Å².